The van der Waals surface area contributed by atoms with E-state index < -0.39 is 5.97 Å². The molecule has 3 rings (SSSR count). The van der Waals surface area contributed by atoms with Crippen molar-refractivity contribution in [3.8, 4) is 0 Å². The SMILES string of the molecule is CN(CC(=O)O)C1CCCN(c2ccnc(C(=O)NCc3ccccc3)c2)CC1. The molecule has 1 amide bonds. The molecule has 2 N–H and O–H groups in total. The summed E-state index contributed by atoms with van der Waals surface area (Å²) in [4.78, 5) is 31.9. The van der Waals surface area contributed by atoms with E-state index in [0.29, 0.717) is 12.2 Å². The lowest BCUT2D eigenvalue weighted by Crippen LogP contribution is -2.36. The third-order valence-corrected chi connectivity index (χ3v) is 5.34. The number of carbonyl (C=O) groups is 2. The van der Waals surface area contributed by atoms with Gasteiger partial charge in [0.15, 0.2) is 0 Å². The van der Waals surface area contributed by atoms with E-state index in [1.807, 2.05) is 54.4 Å². The molecule has 1 aliphatic heterocycles. The Morgan fingerprint density at radius 1 is 1.21 bits per heavy atom. The second kappa shape index (κ2) is 10.0. The molecule has 1 aromatic carbocycles. The highest BCUT2D eigenvalue weighted by atomic mass is 16.4. The van der Waals surface area contributed by atoms with Gasteiger partial charge < -0.3 is 15.3 Å². The zero-order valence-electron chi connectivity index (χ0n) is 16.8. The Kier molecular flexibility index (Phi) is 7.19. The average Bonchev–Trinajstić information content (AvgIpc) is 2.99. The largest absolute Gasteiger partial charge is 0.480 e. The van der Waals surface area contributed by atoms with Gasteiger partial charge in [0, 0.05) is 37.6 Å². The molecule has 154 valence electrons. The molecule has 2 aromatic rings. The molecule has 2 heterocycles. The molecule has 0 saturated carbocycles. The Hall–Kier alpha value is -2.93. The van der Waals surface area contributed by atoms with Crippen LogP contribution in [0.3, 0.4) is 0 Å². The summed E-state index contributed by atoms with van der Waals surface area (Å²) in [6, 6.07) is 13.8. The van der Waals surface area contributed by atoms with Crippen LogP contribution in [0.25, 0.3) is 0 Å². The number of carboxylic acids is 1. The minimum absolute atomic E-state index is 0.0612. The number of likely N-dealkylation sites (N-methyl/N-ethyl adjacent to an activating group) is 1. The van der Waals surface area contributed by atoms with E-state index in [-0.39, 0.29) is 18.5 Å². The van der Waals surface area contributed by atoms with Crippen molar-refractivity contribution >= 4 is 17.6 Å². The van der Waals surface area contributed by atoms with Crippen LogP contribution in [-0.4, -0.2) is 59.6 Å². The molecule has 0 spiro atoms. The van der Waals surface area contributed by atoms with Crippen LogP contribution >= 0.6 is 0 Å². The van der Waals surface area contributed by atoms with Crippen LogP contribution in [0, 0.1) is 0 Å². The number of nitrogens with zero attached hydrogens (tertiary/aromatic N) is 3. The lowest BCUT2D eigenvalue weighted by molar-refractivity contribution is -0.138. The number of nitrogens with one attached hydrogen (secondary N) is 1. The van der Waals surface area contributed by atoms with E-state index in [9.17, 15) is 9.59 Å². The molecule has 1 fully saturated rings. The molecule has 1 unspecified atom stereocenters. The van der Waals surface area contributed by atoms with Crippen LogP contribution in [-0.2, 0) is 11.3 Å². The number of hydrogen-bond donors (Lipinski definition) is 2. The summed E-state index contributed by atoms with van der Waals surface area (Å²) >= 11 is 0. The van der Waals surface area contributed by atoms with Gasteiger partial charge in [0.05, 0.1) is 6.54 Å². The molecule has 0 radical (unpaired) electrons. The maximum atomic E-state index is 12.5. The fraction of sp³-hybridized carbons (Fsp3) is 0.409. The predicted molar refractivity (Wildman–Crippen MR) is 112 cm³/mol. The minimum Gasteiger partial charge on any atom is -0.480 e. The predicted octanol–water partition coefficient (Wildman–Crippen LogP) is 2.39. The van der Waals surface area contributed by atoms with Gasteiger partial charge in [-0.15, -0.1) is 0 Å². The Morgan fingerprint density at radius 3 is 2.76 bits per heavy atom. The van der Waals surface area contributed by atoms with Gasteiger partial charge in [0.2, 0.25) is 0 Å². The highest BCUT2D eigenvalue weighted by Crippen LogP contribution is 2.22. The summed E-state index contributed by atoms with van der Waals surface area (Å²) in [5.74, 6) is -0.988. The first kappa shape index (κ1) is 20.8. The standard InChI is InChI=1S/C22H28N4O3/c1-25(16-21(27)28)18-8-5-12-26(13-10-18)19-9-11-23-20(14-19)22(29)24-15-17-6-3-2-4-7-17/h2-4,6-7,9,11,14,18H,5,8,10,12-13,15-16H2,1H3,(H,24,29)(H,27,28). The van der Waals surface area contributed by atoms with Crippen molar-refractivity contribution in [1.82, 2.24) is 15.2 Å². The van der Waals surface area contributed by atoms with Crippen LogP contribution < -0.4 is 10.2 Å². The second-order valence-electron chi connectivity index (χ2n) is 7.45. The zero-order chi connectivity index (χ0) is 20.6. The molecular weight excluding hydrogens is 368 g/mol. The number of aliphatic carboxylic acids is 1. The van der Waals surface area contributed by atoms with Gasteiger partial charge in [-0.05, 0) is 44.0 Å². The van der Waals surface area contributed by atoms with Gasteiger partial charge in [-0.1, -0.05) is 30.3 Å². The van der Waals surface area contributed by atoms with Crippen molar-refractivity contribution in [2.45, 2.75) is 31.8 Å². The minimum atomic E-state index is -0.797. The normalized spacial score (nSPS) is 17.0. The molecule has 1 aromatic heterocycles. The monoisotopic (exact) mass is 396 g/mol. The number of carboxylic acid groups (broad SMARTS) is 1. The van der Waals surface area contributed by atoms with Gasteiger partial charge in [-0.25, -0.2) is 0 Å². The molecule has 1 saturated heterocycles. The third kappa shape index (κ3) is 6.02. The van der Waals surface area contributed by atoms with Gasteiger partial charge in [0.25, 0.3) is 5.91 Å². The Morgan fingerprint density at radius 2 is 2.00 bits per heavy atom. The quantitative estimate of drug-likeness (QED) is 0.747. The number of carbonyl (C=O) groups excluding carboxylic acids is 1. The van der Waals surface area contributed by atoms with Gasteiger partial charge in [0.1, 0.15) is 5.69 Å². The molecule has 7 heteroatoms. The number of pyridine rings is 1. The summed E-state index contributed by atoms with van der Waals surface area (Å²) in [6.45, 7) is 2.23. The van der Waals surface area contributed by atoms with E-state index in [4.69, 9.17) is 5.11 Å². The van der Waals surface area contributed by atoms with Crippen molar-refractivity contribution in [2.75, 3.05) is 31.6 Å². The lowest BCUT2D eigenvalue weighted by atomic mass is 10.1. The Bertz CT molecular complexity index is 828. The topological polar surface area (TPSA) is 85.8 Å². The third-order valence-electron chi connectivity index (χ3n) is 5.34. The molecule has 0 bridgehead atoms. The van der Waals surface area contributed by atoms with Crippen molar-refractivity contribution in [1.29, 1.82) is 0 Å². The van der Waals surface area contributed by atoms with Crippen LogP contribution in [0.1, 0.15) is 35.3 Å². The maximum absolute atomic E-state index is 12.5. The summed E-state index contributed by atoms with van der Waals surface area (Å²) in [5, 5.41) is 11.9. The summed E-state index contributed by atoms with van der Waals surface area (Å²) in [7, 11) is 1.87. The fourth-order valence-corrected chi connectivity index (χ4v) is 3.73. The van der Waals surface area contributed by atoms with Crippen LogP contribution in [0.5, 0.6) is 0 Å². The van der Waals surface area contributed by atoms with Crippen molar-refractivity contribution in [3.63, 3.8) is 0 Å². The van der Waals surface area contributed by atoms with Crippen molar-refractivity contribution < 1.29 is 14.7 Å². The summed E-state index contributed by atoms with van der Waals surface area (Å²) in [5.41, 5.74) is 2.43. The van der Waals surface area contributed by atoms with Crippen molar-refractivity contribution in [2.24, 2.45) is 0 Å². The smallest absolute Gasteiger partial charge is 0.317 e. The number of hydrogen-bond acceptors (Lipinski definition) is 5. The summed E-state index contributed by atoms with van der Waals surface area (Å²) in [6.07, 6.45) is 4.51. The fourth-order valence-electron chi connectivity index (χ4n) is 3.73. The average molecular weight is 396 g/mol. The maximum Gasteiger partial charge on any atom is 0.317 e. The molecular formula is C22H28N4O3. The van der Waals surface area contributed by atoms with Crippen molar-refractivity contribution in [3.05, 3.63) is 59.9 Å². The van der Waals surface area contributed by atoms with Crippen LogP contribution in [0.2, 0.25) is 0 Å². The number of anilines is 1. The molecule has 7 nitrogen and oxygen atoms in total. The summed E-state index contributed by atoms with van der Waals surface area (Å²) < 4.78 is 0. The second-order valence-corrected chi connectivity index (χ2v) is 7.45. The first-order chi connectivity index (χ1) is 14.0. The molecule has 29 heavy (non-hydrogen) atoms. The Balaban J connectivity index is 1.60. The van der Waals surface area contributed by atoms with Gasteiger partial charge in [-0.2, -0.15) is 0 Å². The molecule has 0 aliphatic carbocycles. The van der Waals surface area contributed by atoms with E-state index in [1.54, 1.807) is 6.20 Å². The van der Waals surface area contributed by atoms with E-state index >= 15 is 0 Å². The first-order valence-electron chi connectivity index (χ1n) is 9.98. The van der Waals surface area contributed by atoms with E-state index in [2.05, 4.69) is 15.2 Å². The number of amides is 1. The van der Waals surface area contributed by atoms with Gasteiger partial charge in [-0.3, -0.25) is 19.5 Å². The van der Waals surface area contributed by atoms with E-state index in [1.165, 1.54) is 0 Å². The molecule has 1 atom stereocenters. The van der Waals surface area contributed by atoms with Crippen LogP contribution in [0.15, 0.2) is 48.7 Å². The molecule has 1 aliphatic rings. The zero-order valence-corrected chi connectivity index (χ0v) is 16.8. The first-order valence-corrected chi connectivity index (χ1v) is 9.98. The highest BCUT2D eigenvalue weighted by molar-refractivity contribution is 5.93. The van der Waals surface area contributed by atoms with Gasteiger partial charge >= 0.3 is 5.97 Å². The van der Waals surface area contributed by atoms with Crippen LogP contribution in [0.4, 0.5) is 5.69 Å². The number of benzene rings is 1. The van der Waals surface area contributed by atoms with E-state index in [0.717, 1.165) is 43.6 Å². The highest BCUT2D eigenvalue weighted by Gasteiger charge is 2.22. The lowest BCUT2D eigenvalue weighted by Gasteiger charge is -2.26. The number of aromatic nitrogens is 1. The number of rotatable bonds is 7. The Labute approximate surface area is 171 Å².